The summed E-state index contributed by atoms with van der Waals surface area (Å²) in [4.78, 5) is 14.7. The molecular formula is C7H8N2OS. The van der Waals surface area contributed by atoms with E-state index in [0.29, 0.717) is 5.69 Å². The quantitative estimate of drug-likeness (QED) is 0.596. The molecule has 0 fully saturated rings. The number of nitrogens with two attached hydrogens (primary N) is 1. The molecule has 0 aliphatic carbocycles. The molecular weight excluding hydrogens is 160 g/mol. The SMILES string of the molecule is Nc1c[nH]c(=O)c2c1SCC2. The highest BCUT2D eigenvalue weighted by molar-refractivity contribution is 7.99. The normalized spacial score (nSPS) is 14.9. The molecule has 3 N–H and O–H groups in total. The molecule has 0 atom stereocenters. The van der Waals surface area contributed by atoms with Crippen molar-refractivity contribution in [3.63, 3.8) is 0 Å². The van der Waals surface area contributed by atoms with Crippen LogP contribution in [0.5, 0.6) is 0 Å². The first kappa shape index (κ1) is 6.79. The first-order chi connectivity index (χ1) is 5.29. The van der Waals surface area contributed by atoms with E-state index in [9.17, 15) is 4.79 Å². The van der Waals surface area contributed by atoms with Gasteiger partial charge in [-0.3, -0.25) is 4.79 Å². The zero-order chi connectivity index (χ0) is 7.84. The molecule has 0 radical (unpaired) electrons. The van der Waals surface area contributed by atoms with Crippen LogP contribution in [0.3, 0.4) is 0 Å². The van der Waals surface area contributed by atoms with Gasteiger partial charge in [-0.15, -0.1) is 11.8 Å². The third kappa shape index (κ3) is 0.939. The van der Waals surface area contributed by atoms with Crippen LogP contribution in [0.1, 0.15) is 5.56 Å². The minimum Gasteiger partial charge on any atom is -0.397 e. The van der Waals surface area contributed by atoms with Gasteiger partial charge in [-0.05, 0) is 6.42 Å². The summed E-state index contributed by atoms with van der Waals surface area (Å²) in [6.07, 6.45) is 2.42. The number of thioether (sulfide) groups is 1. The Morgan fingerprint density at radius 3 is 3.18 bits per heavy atom. The summed E-state index contributed by atoms with van der Waals surface area (Å²) in [5.74, 6) is 0.979. The average molecular weight is 168 g/mol. The van der Waals surface area contributed by atoms with E-state index >= 15 is 0 Å². The highest BCUT2D eigenvalue weighted by Gasteiger charge is 2.16. The molecule has 3 nitrogen and oxygen atoms in total. The van der Waals surface area contributed by atoms with Crippen LogP contribution in [0.2, 0.25) is 0 Å². The Hall–Kier alpha value is -0.900. The van der Waals surface area contributed by atoms with E-state index in [1.807, 2.05) is 0 Å². The first-order valence-corrected chi connectivity index (χ1v) is 4.40. The second-order valence-electron chi connectivity index (χ2n) is 2.48. The maximum atomic E-state index is 11.1. The van der Waals surface area contributed by atoms with E-state index in [2.05, 4.69) is 4.98 Å². The number of pyridine rings is 1. The van der Waals surface area contributed by atoms with Gasteiger partial charge in [0.25, 0.3) is 5.56 Å². The monoisotopic (exact) mass is 168 g/mol. The lowest BCUT2D eigenvalue weighted by Crippen LogP contribution is -2.12. The Bertz CT molecular complexity index is 345. The first-order valence-electron chi connectivity index (χ1n) is 3.42. The zero-order valence-electron chi connectivity index (χ0n) is 5.89. The van der Waals surface area contributed by atoms with Gasteiger partial charge in [0.15, 0.2) is 0 Å². The van der Waals surface area contributed by atoms with Crippen molar-refractivity contribution in [1.29, 1.82) is 0 Å². The van der Waals surface area contributed by atoms with Gasteiger partial charge in [0.1, 0.15) is 0 Å². The standard InChI is InChI=1S/C7H8N2OS/c8-5-3-9-7(10)4-1-2-11-6(4)5/h3H,1-2,8H2,(H,9,10). The Morgan fingerprint density at radius 2 is 2.45 bits per heavy atom. The molecule has 0 unspecified atom stereocenters. The molecule has 0 spiro atoms. The fourth-order valence-corrected chi connectivity index (χ4v) is 2.33. The van der Waals surface area contributed by atoms with Crippen LogP contribution in [-0.2, 0) is 6.42 Å². The number of aromatic nitrogens is 1. The molecule has 0 amide bonds. The fraction of sp³-hybridized carbons (Fsp3) is 0.286. The highest BCUT2D eigenvalue weighted by Crippen LogP contribution is 2.32. The second kappa shape index (κ2) is 2.30. The van der Waals surface area contributed by atoms with Crippen molar-refractivity contribution in [3.05, 3.63) is 22.1 Å². The Balaban J connectivity index is 2.74. The molecule has 58 valence electrons. The van der Waals surface area contributed by atoms with Crippen LogP contribution < -0.4 is 11.3 Å². The van der Waals surface area contributed by atoms with Crippen LogP contribution in [0.4, 0.5) is 5.69 Å². The molecule has 2 heterocycles. The Labute approximate surface area is 68.0 Å². The fourth-order valence-electron chi connectivity index (χ4n) is 1.23. The predicted molar refractivity (Wildman–Crippen MR) is 45.9 cm³/mol. The second-order valence-corrected chi connectivity index (χ2v) is 3.58. The summed E-state index contributed by atoms with van der Waals surface area (Å²) in [7, 11) is 0. The van der Waals surface area contributed by atoms with Crippen molar-refractivity contribution in [2.45, 2.75) is 11.3 Å². The predicted octanol–water partition coefficient (Wildman–Crippen LogP) is 0.605. The van der Waals surface area contributed by atoms with E-state index in [1.165, 1.54) is 0 Å². The van der Waals surface area contributed by atoms with Crippen molar-refractivity contribution >= 4 is 17.4 Å². The van der Waals surface area contributed by atoms with Gasteiger partial charge < -0.3 is 10.7 Å². The molecule has 0 bridgehead atoms. The van der Waals surface area contributed by atoms with Crippen LogP contribution >= 0.6 is 11.8 Å². The molecule has 1 aliphatic heterocycles. The molecule has 2 rings (SSSR count). The maximum Gasteiger partial charge on any atom is 0.252 e. The third-order valence-corrected chi connectivity index (χ3v) is 2.95. The molecule has 1 aliphatic rings. The van der Waals surface area contributed by atoms with Crippen LogP contribution in [0.15, 0.2) is 15.9 Å². The molecule has 4 heteroatoms. The lowest BCUT2D eigenvalue weighted by atomic mass is 10.2. The van der Waals surface area contributed by atoms with E-state index in [0.717, 1.165) is 22.6 Å². The van der Waals surface area contributed by atoms with Crippen molar-refractivity contribution in [1.82, 2.24) is 4.98 Å². The summed E-state index contributed by atoms with van der Waals surface area (Å²) in [5.41, 5.74) is 7.22. The Kier molecular flexibility index (Phi) is 1.42. The van der Waals surface area contributed by atoms with Gasteiger partial charge in [-0.2, -0.15) is 0 Å². The van der Waals surface area contributed by atoms with Gasteiger partial charge in [0, 0.05) is 22.4 Å². The van der Waals surface area contributed by atoms with Gasteiger partial charge in [0.2, 0.25) is 0 Å². The smallest absolute Gasteiger partial charge is 0.252 e. The van der Waals surface area contributed by atoms with Gasteiger partial charge in [-0.25, -0.2) is 0 Å². The van der Waals surface area contributed by atoms with Gasteiger partial charge in [0.05, 0.1) is 5.69 Å². The summed E-state index contributed by atoms with van der Waals surface area (Å²) in [6, 6.07) is 0. The number of fused-ring (bicyclic) bond motifs is 1. The number of rotatable bonds is 0. The number of aromatic amines is 1. The number of hydrogen-bond acceptors (Lipinski definition) is 3. The Morgan fingerprint density at radius 1 is 1.64 bits per heavy atom. The summed E-state index contributed by atoms with van der Waals surface area (Å²) in [6.45, 7) is 0. The number of nitrogens with one attached hydrogen (secondary N) is 1. The van der Waals surface area contributed by atoms with Crippen molar-refractivity contribution in [2.24, 2.45) is 0 Å². The minimum absolute atomic E-state index is 0.0131. The largest absolute Gasteiger partial charge is 0.397 e. The van der Waals surface area contributed by atoms with E-state index in [-0.39, 0.29) is 5.56 Å². The average Bonchev–Trinajstić information content (AvgIpc) is 2.45. The molecule has 0 aromatic carbocycles. The number of H-pyrrole nitrogens is 1. The third-order valence-electron chi connectivity index (χ3n) is 1.77. The van der Waals surface area contributed by atoms with Crippen molar-refractivity contribution in [2.75, 3.05) is 11.5 Å². The summed E-state index contributed by atoms with van der Waals surface area (Å²) in [5, 5.41) is 0. The highest BCUT2D eigenvalue weighted by atomic mass is 32.2. The summed E-state index contributed by atoms with van der Waals surface area (Å²) < 4.78 is 0. The van der Waals surface area contributed by atoms with Crippen molar-refractivity contribution < 1.29 is 0 Å². The lowest BCUT2D eigenvalue weighted by molar-refractivity contribution is 1.05. The van der Waals surface area contributed by atoms with E-state index < -0.39 is 0 Å². The van der Waals surface area contributed by atoms with Crippen LogP contribution in [0, 0.1) is 0 Å². The van der Waals surface area contributed by atoms with Crippen LogP contribution in [-0.4, -0.2) is 10.7 Å². The van der Waals surface area contributed by atoms with Crippen LogP contribution in [0.25, 0.3) is 0 Å². The van der Waals surface area contributed by atoms with Gasteiger partial charge in [-0.1, -0.05) is 0 Å². The zero-order valence-corrected chi connectivity index (χ0v) is 6.70. The van der Waals surface area contributed by atoms with E-state index in [1.54, 1.807) is 18.0 Å². The molecule has 0 saturated heterocycles. The molecule has 11 heavy (non-hydrogen) atoms. The van der Waals surface area contributed by atoms with Crippen molar-refractivity contribution in [3.8, 4) is 0 Å². The van der Waals surface area contributed by atoms with E-state index in [4.69, 9.17) is 5.73 Å². The maximum absolute atomic E-state index is 11.1. The van der Waals surface area contributed by atoms with Gasteiger partial charge >= 0.3 is 0 Å². The summed E-state index contributed by atoms with van der Waals surface area (Å²) >= 11 is 1.66. The number of hydrogen-bond donors (Lipinski definition) is 2. The number of nitrogen functional groups attached to an aromatic ring is 1. The molecule has 1 aromatic heterocycles. The number of anilines is 1. The molecule has 0 saturated carbocycles. The lowest BCUT2D eigenvalue weighted by Gasteiger charge is -1.99. The topological polar surface area (TPSA) is 58.9 Å². The molecule has 1 aromatic rings. The minimum atomic E-state index is 0.0131.